The molecule has 2 aliphatic rings. The first kappa shape index (κ1) is 26.9. The maximum Gasteiger partial charge on any atom is 0.246 e. The highest BCUT2D eigenvalue weighted by molar-refractivity contribution is 5.91. The zero-order valence-corrected chi connectivity index (χ0v) is 22.7. The van der Waals surface area contributed by atoms with Crippen LogP contribution in [0.15, 0.2) is 79.1 Å². The first-order chi connectivity index (χ1) is 19.1. The first-order valence-corrected chi connectivity index (χ1v) is 13.8. The summed E-state index contributed by atoms with van der Waals surface area (Å²) in [7, 11) is 1.65. The Morgan fingerprint density at radius 2 is 1.56 bits per heavy atom. The van der Waals surface area contributed by atoms with E-state index in [0.717, 1.165) is 69.2 Å². The molecule has 3 aromatic rings. The van der Waals surface area contributed by atoms with Crippen molar-refractivity contribution in [2.45, 2.75) is 32.0 Å². The van der Waals surface area contributed by atoms with E-state index in [2.05, 4.69) is 39.0 Å². The molecule has 7 nitrogen and oxygen atoms in total. The van der Waals surface area contributed by atoms with Gasteiger partial charge in [0.2, 0.25) is 5.91 Å². The molecule has 0 N–H and O–H groups in total. The van der Waals surface area contributed by atoms with Crippen molar-refractivity contribution >= 4 is 12.0 Å². The van der Waals surface area contributed by atoms with Crippen LogP contribution in [0.25, 0.3) is 6.08 Å². The molecule has 0 aliphatic carbocycles. The molecule has 1 amide bonds. The molecule has 2 aromatic carbocycles. The maximum absolute atomic E-state index is 12.7. The Hall–Kier alpha value is -3.68. The van der Waals surface area contributed by atoms with E-state index in [9.17, 15) is 4.79 Å². The topological polar surface area (TPSA) is 58.1 Å². The van der Waals surface area contributed by atoms with E-state index in [4.69, 9.17) is 9.47 Å². The number of nitrogens with zero attached hydrogens (tertiary/aromatic N) is 4. The largest absolute Gasteiger partial charge is 0.497 e. The van der Waals surface area contributed by atoms with Gasteiger partial charge < -0.3 is 14.4 Å². The normalized spacial score (nSPS) is 17.4. The molecule has 5 rings (SSSR count). The minimum absolute atomic E-state index is 0.0480. The number of ether oxygens (including phenoxy) is 2. The molecule has 1 aromatic heterocycles. The van der Waals surface area contributed by atoms with Crippen LogP contribution in [0, 0.1) is 0 Å². The van der Waals surface area contributed by atoms with Gasteiger partial charge in [-0.1, -0.05) is 30.3 Å². The van der Waals surface area contributed by atoms with Gasteiger partial charge in [-0.15, -0.1) is 0 Å². The molecule has 0 spiro atoms. The fraction of sp³-hybridized carbons (Fsp3) is 0.375. The second kappa shape index (κ2) is 13.4. The Morgan fingerprint density at radius 3 is 2.23 bits per heavy atom. The molecule has 0 atom stereocenters. The van der Waals surface area contributed by atoms with Crippen molar-refractivity contribution < 1.29 is 14.3 Å². The highest BCUT2D eigenvalue weighted by Gasteiger charge is 2.23. The number of carbonyl (C=O) groups excluding carboxylic acids is 1. The SMILES string of the molecule is COc1ccc(/C=C/C(=O)N2CCC(Oc3cccc(CN4CCN(Cc5cccnc5)CC4)c3)CC2)cc1. The van der Waals surface area contributed by atoms with E-state index in [-0.39, 0.29) is 12.0 Å². The summed E-state index contributed by atoms with van der Waals surface area (Å²) in [5, 5.41) is 0. The van der Waals surface area contributed by atoms with Crippen molar-refractivity contribution in [1.82, 2.24) is 19.7 Å². The third kappa shape index (κ3) is 7.91. The highest BCUT2D eigenvalue weighted by atomic mass is 16.5. The summed E-state index contributed by atoms with van der Waals surface area (Å²) in [6, 6.07) is 20.3. The van der Waals surface area contributed by atoms with Gasteiger partial charge in [-0.25, -0.2) is 0 Å². The molecule has 7 heteroatoms. The number of amides is 1. The molecule has 204 valence electrons. The minimum Gasteiger partial charge on any atom is -0.497 e. The average Bonchev–Trinajstić information content (AvgIpc) is 2.98. The summed E-state index contributed by atoms with van der Waals surface area (Å²) in [5.74, 6) is 1.78. The van der Waals surface area contributed by atoms with Crippen molar-refractivity contribution in [1.29, 1.82) is 0 Å². The van der Waals surface area contributed by atoms with Gasteiger partial charge in [-0.05, 0) is 53.1 Å². The zero-order chi connectivity index (χ0) is 26.9. The van der Waals surface area contributed by atoms with Crippen molar-refractivity contribution in [3.63, 3.8) is 0 Å². The molecule has 2 saturated heterocycles. The molecular formula is C32H38N4O3. The van der Waals surface area contributed by atoms with E-state index in [1.807, 2.05) is 59.8 Å². The molecule has 0 radical (unpaired) electrons. The summed E-state index contributed by atoms with van der Waals surface area (Å²) < 4.78 is 11.5. The first-order valence-electron chi connectivity index (χ1n) is 13.8. The molecule has 2 fully saturated rings. The second-order valence-electron chi connectivity index (χ2n) is 10.3. The molecule has 0 bridgehead atoms. The van der Waals surface area contributed by atoms with Crippen LogP contribution in [0.2, 0.25) is 0 Å². The lowest BCUT2D eigenvalue weighted by Gasteiger charge is -2.34. The fourth-order valence-corrected chi connectivity index (χ4v) is 5.21. The van der Waals surface area contributed by atoms with Crippen molar-refractivity contribution in [3.8, 4) is 11.5 Å². The van der Waals surface area contributed by atoms with Gasteiger partial charge in [0.05, 0.1) is 7.11 Å². The second-order valence-corrected chi connectivity index (χ2v) is 10.3. The van der Waals surface area contributed by atoms with Gasteiger partial charge in [0.1, 0.15) is 17.6 Å². The van der Waals surface area contributed by atoms with Crippen LogP contribution >= 0.6 is 0 Å². The summed E-state index contributed by atoms with van der Waals surface area (Å²) in [6.45, 7) is 7.57. The van der Waals surface area contributed by atoms with Gasteiger partial charge in [0.15, 0.2) is 0 Å². The lowest BCUT2D eigenvalue weighted by atomic mass is 10.1. The van der Waals surface area contributed by atoms with Crippen LogP contribution in [0.5, 0.6) is 11.5 Å². The molecule has 0 unspecified atom stereocenters. The van der Waals surface area contributed by atoms with Gasteiger partial charge in [0.25, 0.3) is 0 Å². The monoisotopic (exact) mass is 526 g/mol. The summed E-state index contributed by atoms with van der Waals surface area (Å²) in [4.78, 5) is 23.8. The van der Waals surface area contributed by atoms with Crippen molar-refractivity contribution in [3.05, 3.63) is 95.8 Å². The number of aromatic nitrogens is 1. The molecule has 2 aliphatic heterocycles. The van der Waals surface area contributed by atoms with Gasteiger partial charge >= 0.3 is 0 Å². The smallest absolute Gasteiger partial charge is 0.246 e. The zero-order valence-electron chi connectivity index (χ0n) is 22.7. The third-order valence-corrected chi connectivity index (χ3v) is 7.49. The van der Waals surface area contributed by atoms with E-state index >= 15 is 0 Å². The number of piperidine rings is 1. The number of carbonyl (C=O) groups is 1. The Balaban J connectivity index is 1.04. The number of benzene rings is 2. The fourth-order valence-electron chi connectivity index (χ4n) is 5.21. The number of hydrogen-bond donors (Lipinski definition) is 0. The number of piperazine rings is 1. The lowest BCUT2D eigenvalue weighted by molar-refractivity contribution is -0.127. The predicted octanol–water partition coefficient (Wildman–Crippen LogP) is 4.49. The Morgan fingerprint density at radius 1 is 0.872 bits per heavy atom. The summed E-state index contributed by atoms with van der Waals surface area (Å²) >= 11 is 0. The van der Waals surface area contributed by atoms with Crippen LogP contribution in [-0.4, -0.2) is 78.1 Å². The summed E-state index contributed by atoms with van der Waals surface area (Å²) in [6.07, 6.45) is 9.11. The van der Waals surface area contributed by atoms with Crippen LogP contribution in [-0.2, 0) is 17.9 Å². The lowest BCUT2D eigenvalue weighted by Crippen LogP contribution is -2.45. The van der Waals surface area contributed by atoms with Gasteiger partial charge in [-0.3, -0.25) is 19.6 Å². The Kier molecular flexibility index (Phi) is 9.25. The average molecular weight is 527 g/mol. The van der Waals surface area contributed by atoms with Crippen LogP contribution in [0.3, 0.4) is 0 Å². The van der Waals surface area contributed by atoms with Crippen LogP contribution in [0.4, 0.5) is 0 Å². The molecule has 39 heavy (non-hydrogen) atoms. The standard InChI is InChI=1S/C32H38N4O3/c1-38-29-10-7-26(8-11-29)9-12-32(37)36-16-13-30(14-17-36)39-31-6-2-4-27(22-31)24-34-18-20-35(21-19-34)25-28-5-3-15-33-23-28/h2-12,15,22-23,30H,13-14,16-21,24-25H2,1H3/b12-9+. The van der Waals surface area contributed by atoms with Crippen molar-refractivity contribution in [2.75, 3.05) is 46.4 Å². The van der Waals surface area contributed by atoms with E-state index in [1.165, 1.54) is 11.1 Å². The predicted molar refractivity (Wildman–Crippen MR) is 153 cm³/mol. The summed E-state index contributed by atoms with van der Waals surface area (Å²) in [5.41, 5.74) is 3.54. The maximum atomic E-state index is 12.7. The van der Waals surface area contributed by atoms with Crippen molar-refractivity contribution in [2.24, 2.45) is 0 Å². The quantitative estimate of drug-likeness (QED) is 0.383. The Bertz CT molecular complexity index is 1220. The molecule has 3 heterocycles. The van der Waals surface area contributed by atoms with E-state index in [0.29, 0.717) is 13.1 Å². The van der Waals surface area contributed by atoms with E-state index in [1.54, 1.807) is 13.2 Å². The third-order valence-electron chi connectivity index (χ3n) is 7.49. The minimum atomic E-state index is 0.0480. The number of rotatable bonds is 9. The highest BCUT2D eigenvalue weighted by Crippen LogP contribution is 2.22. The van der Waals surface area contributed by atoms with Gasteiger partial charge in [0, 0.05) is 83.7 Å². The Labute approximate surface area is 231 Å². The van der Waals surface area contributed by atoms with Gasteiger partial charge in [-0.2, -0.15) is 0 Å². The molecule has 0 saturated carbocycles. The number of methoxy groups -OCH3 is 1. The number of hydrogen-bond acceptors (Lipinski definition) is 6. The van der Waals surface area contributed by atoms with E-state index < -0.39 is 0 Å². The van der Waals surface area contributed by atoms with Crippen LogP contribution in [0.1, 0.15) is 29.5 Å². The van der Waals surface area contributed by atoms with Crippen LogP contribution < -0.4 is 9.47 Å². The number of likely N-dealkylation sites (tertiary alicyclic amines) is 1. The molecular weight excluding hydrogens is 488 g/mol. The number of pyridine rings is 1.